The number of hydrogen-bond donors (Lipinski definition) is 1. The Morgan fingerprint density at radius 3 is 3.27 bits per heavy atom. The Balaban J connectivity index is 1.67. The van der Waals surface area contributed by atoms with E-state index in [1.54, 1.807) is 13.1 Å². The number of nitrogens with one attached hydrogen (secondary N) is 1. The normalized spacial score (nSPS) is 13.5. The molecule has 3 rings (SSSR count). The standard InChI is InChI=1S/C16H18N2O3S/c1-2-21-16(19)15-18-9-12(22-15)8-17-14-5-3-4-11-10-20-7-6-13(11)14/h3-5,9,17H,2,6-8,10H2,1H3. The molecule has 22 heavy (non-hydrogen) atoms. The highest BCUT2D eigenvalue weighted by molar-refractivity contribution is 7.13. The lowest BCUT2D eigenvalue weighted by atomic mass is 10.0. The van der Waals surface area contributed by atoms with Crippen LogP contribution in [0.15, 0.2) is 24.4 Å². The van der Waals surface area contributed by atoms with Crippen molar-refractivity contribution in [2.75, 3.05) is 18.5 Å². The Hall–Kier alpha value is -1.92. The van der Waals surface area contributed by atoms with Gasteiger partial charge in [-0.2, -0.15) is 0 Å². The molecule has 0 bridgehead atoms. The van der Waals surface area contributed by atoms with Gasteiger partial charge in [-0.1, -0.05) is 12.1 Å². The van der Waals surface area contributed by atoms with E-state index in [9.17, 15) is 4.79 Å². The molecular formula is C16H18N2O3S. The minimum absolute atomic E-state index is 0.354. The van der Waals surface area contributed by atoms with Crippen molar-refractivity contribution in [3.8, 4) is 0 Å². The van der Waals surface area contributed by atoms with E-state index in [-0.39, 0.29) is 5.97 Å². The fraction of sp³-hybridized carbons (Fsp3) is 0.375. The first-order valence-electron chi connectivity index (χ1n) is 7.32. The van der Waals surface area contributed by atoms with Crippen molar-refractivity contribution in [2.24, 2.45) is 0 Å². The molecule has 1 N–H and O–H groups in total. The van der Waals surface area contributed by atoms with Crippen molar-refractivity contribution in [3.63, 3.8) is 0 Å². The summed E-state index contributed by atoms with van der Waals surface area (Å²) in [5.41, 5.74) is 3.70. The molecule has 0 aliphatic carbocycles. The highest BCUT2D eigenvalue weighted by atomic mass is 32.1. The van der Waals surface area contributed by atoms with Gasteiger partial charge in [-0.05, 0) is 30.5 Å². The molecule has 0 saturated heterocycles. The molecule has 0 radical (unpaired) electrons. The number of rotatable bonds is 5. The number of anilines is 1. The topological polar surface area (TPSA) is 60.5 Å². The van der Waals surface area contributed by atoms with Gasteiger partial charge in [0.2, 0.25) is 5.01 Å². The molecule has 1 aliphatic heterocycles. The lowest BCUT2D eigenvalue weighted by molar-refractivity contribution is 0.0526. The SMILES string of the molecule is CCOC(=O)c1ncc(CNc2cccc3c2CCOC3)s1. The van der Waals surface area contributed by atoms with Crippen LogP contribution in [-0.4, -0.2) is 24.2 Å². The predicted octanol–water partition coefficient (Wildman–Crippen LogP) is 3.00. The van der Waals surface area contributed by atoms with Gasteiger partial charge in [0.05, 0.1) is 26.4 Å². The van der Waals surface area contributed by atoms with Crippen molar-refractivity contribution in [3.05, 3.63) is 45.4 Å². The van der Waals surface area contributed by atoms with E-state index in [0.717, 1.165) is 23.6 Å². The second-order valence-electron chi connectivity index (χ2n) is 4.95. The lowest BCUT2D eigenvalue weighted by Gasteiger charge is -2.20. The van der Waals surface area contributed by atoms with Crippen LogP contribution >= 0.6 is 11.3 Å². The maximum absolute atomic E-state index is 11.6. The van der Waals surface area contributed by atoms with E-state index in [1.807, 2.05) is 6.07 Å². The summed E-state index contributed by atoms with van der Waals surface area (Å²) in [5, 5.41) is 3.84. The second kappa shape index (κ2) is 6.89. The fourth-order valence-electron chi connectivity index (χ4n) is 2.45. The Bertz CT molecular complexity index is 669. The van der Waals surface area contributed by atoms with Crippen LogP contribution in [0.1, 0.15) is 32.7 Å². The molecule has 6 heteroatoms. The van der Waals surface area contributed by atoms with E-state index in [0.29, 0.717) is 24.8 Å². The molecule has 1 aromatic heterocycles. The van der Waals surface area contributed by atoms with Gasteiger partial charge < -0.3 is 14.8 Å². The molecule has 0 fully saturated rings. The highest BCUT2D eigenvalue weighted by Crippen LogP contribution is 2.26. The number of nitrogens with zero attached hydrogens (tertiary/aromatic N) is 1. The highest BCUT2D eigenvalue weighted by Gasteiger charge is 2.14. The lowest BCUT2D eigenvalue weighted by Crippen LogP contribution is -2.12. The first-order valence-corrected chi connectivity index (χ1v) is 8.13. The van der Waals surface area contributed by atoms with E-state index >= 15 is 0 Å². The van der Waals surface area contributed by atoms with Crippen molar-refractivity contribution < 1.29 is 14.3 Å². The van der Waals surface area contributed by atoms with Gasteiger partial charge in [-0.25, -0.2) is 9.78 Å². The summed E-state index contributed by atoms with van der Waals surface area (Å²) in [6.45, 7) is 4.24. The van der Waals surface area contributed by atoms with Crippen LogP contribution < -0.4 is 5.32 Å². The van der Waals surface area contributed by atoms with Gasteiger partial charge in [-0.3, -0.25) is 0 Å². The molecule has 1 aromatic carbocycles. The minimum Gasteiger partial charge on any atom is -0.461 e. The van der Waals surface area contributed by atoms with Gasteiger partial charge in [0, 0.05) is 16.8 Å². The Kier molecular flexibility index (Phi) is 4.70. The zero-order valence-corrected chi connectivity index (χ0v) is 13.2. The number of benzene rings is 1. The van der Waals surface area contributed by atoms with Crippen LogP contribution in [0.3, 0.4) is 0 Å². The van der Waals surface area contributed by atoms with E-state index in [1.165, 1.54) is 22.5 Å². The van der Waals surface area contributed by atoms with Gasteiger partial charge in [0.1, 0.15) is 0 Å². The smallest absolute Gasteiger partial charge is 0.367 e. The Morgan fingerprint density at radius 1 is 1.50 bits per heavy atom. The van der Waals surface area contributed by atoms with Crippen molar-refractivity contribution in [1.29, 1.82) is 0 Å². The monoisotopic (exact) mass is 318 g/mol. The molecular weight excluding hydrogens is 300 g/mol. The zero-order chi connectivity index (χ0) is 15.4. The zero-order valence-electron chi connectivity index (χ0n) is 12.4. The van der Waals surface area contributed by atoms with Gasteiger partial charge in [0.15, 0.2) is 0 Å². The van der Waals surface area contributed by atoms with Gasteiger partial charge in [-0.15, -0.1) is 11.3 Å². The maximum atomic E-state index is 11.6. The summed E-state index contributed by atoms with van der Waals surface area (Å²) in [5.74, 6) is -0.354. The van der Waals surface area contributed by atoms with Crippen molar-refractivity contribution in [2.45, 2.75) is 26.5 Å². The average molecular weight is 318 g/mol. The Labute approximate surface area is 133 Å². The van der Waals surface area contributed by atoms with Crippen LogP contribution in [0.5, 0.6) is 0 Å². The summed E-state index contributed by atoms with van der Waals surface area (Å²) < 4.78 is 10.4. The molecule has 1 aliphatic rings. The van der Waals surface area contributed by atoms with E-state index < -0.39 is 0 Å². The third-order valence-electron chi connectivity index (χ3n) is 3.48. The summed E-state index contributed by atoms with van der Waals surface area (Å²) in [4.78, 5) is 16.7. The number of fused-ring (bicyclic) bond motifs is 1. The molecule has 2 heterocycles. The van der Waals surface area contributed by atoms with Crippen LogP contribution in [0.2, 0.25) is 0 Å². The number of thiazole rings is 1. The van der Waals surface area contributed by atoms with Gasteiger partial charge >= 0.3 is 5.97 Å². The summed E-state index contributed by atoms with van der Waals surface area (Å²) in [6, 6.07) is 6.22. The van der Waals surface area contributed by atoms with Crippen molar-refractivity contribution >= 4 is 23.0 Å². The van der Waals surface area contributed by atoms with Crippen LogP contribution in [0, 0.1) is 0 Å². The number of esters is 1. The molecule has 5 nitrogen and oxygen atoms in total. The van der Waals surface area contributed by atoms with Crippen LogP contribution in [0.4, 0.5) is 5.69 Å². The fourth-order valence-corrected chi connectivity index (χ4v) is 3.19. The number of carbonyl (C=O) groups excluding carboxylic acids is 1. The molecule has 0 atom stereocenters. The van der Waals surface area contributed by atoms with E-state index in [4.69, 9.17) is 9.47 Å². The van der Waals surface area contributed by atoms with Crippen LogP contribution in [0.25, 0.3) is 0 Å². The molecule has 2 aromatic rings. The first kappa shape index (κ1) is 15.0. The first-order chi connectivity index (χ1) is 10.8. The minimum atomic E-state index is -0.354. The summed E-state index contributed by atoms with van der Waals surface area (Å²) in [7, 11) is 0. The molecule has 0 spiro atoms. The number of aromatic nitrogens is 1. The third-order valence-corrected chi connectivity index (χ3v) is 4.46. The van der Waals surface area contributed by atoms with Crippen molar-refractivity contribution in [1.82, 2.24) is 4.98 Å². The quantitative estimate of drug-likeness (QED) is 0.859. The Morgan fingerprint density at radius 2 is 2.41 bits per heavy atom. The van der Waals surface area contributed by atoms with Crippen LogP contribution in [-0.2, 0) is 29.0 Å². The maximum Gasteiger partial charge on any atom is 0.367 e. The second-order valence-corrected chi connectivity index (χ2v) is 6.07. The summed E-state index contributed by atoms with van der Waals surface area (Å²) in [6.07, 6.45) is 2.65. The number of hydrogen-bond acceptors (Lipinski definition) is 6. The number of carbonyl (C=O) groups is 1. The molecule has 0 amide bonds. The van der Waals surface area contributed by atoms with Gasteiger partial charge in [0.25, 0.3) is 0 Å². The van der Waals surface area contributed by atoms with E-state index in [2.05, 4.69) is 22.4 Å². The largest absolute Gasteiger partial charge is 0.461 e. The number of ether oxygens (including phenoxy) is 2. The molecule has 0 saturated carbocycles. The average Bonchev–Trinajstić information content (AvgIpc) is 3.02. The molecule has 0 unspecified atom stereocenters. The predicted molar refractivity (Wildman–Crippen MR) is 85.2 cm³/mol. The summed E-state index contributed by atoms with van der Waals surface area (Å²) >= 11 is 1.36. The molecule has 116 valence electrons. The third kappa shape index (κ3) is 3.28.